The molecule has 0 aliphatic rings. The van der Waals surface area contributed by atoms with Gasteiger partial charge in [0.2, 0.25) is 17.7 Å². The summed E-state index contributed by atoms with van der Waals surface area (Å²) in [6.45, 7) is 0.266. The third-order valence-corrected chi connectivity index (χ3v) is 7.48. The van der Waals surface area contributed by atoms with Crippen molar-refractivity contribution in [3.05, 3.63) is 119 Å². The summed E-state index contributed by atoms with van der Waals surface area (Å²) >= 11 is 0. The molecule has 3 atom stereocenters. The Morgan fingerprint density at radius 2 is 1.40 bits per heavy atom. The van der Waals surface area contributed by atoms with Crippen molar-refractivity contribution < 1.29 is 14.4 Å². The summed E-state index contributed by atoms with van der Waals surface area (Å²) < 4.78 is 0. The number of rotatable bonds is 14. The Kier molecular flexibility index (Phi) is 10.8. The third-order valence-electron chi connectivity index (χ3n) is 7.48. The van der Waals surface area contributed by atoms with Gasteiger partial charge in [-0.05, 0) is 46.7 Å². The lowest BCUT2D eigenvalue weighted by Gasteiger charge is -2.25. The van der Waals surface area contributed by atoms with Crippen molar-refractivity contribution in [3.8, 4) is 0 Å². The van der Waals surface area contributed by atoms with Crippen LogP contribution in [0, 0.1) is 5.41 Å². The van der Waals surface area contributed by atoms with E-state index < -0.39 is 29.8 Å². The highest BCUT2D eigenvalue weighted by atomic mass is 16.2. The molecule has 0 saturated carbocycles. The fraction of sp³-hybridized carbons (Fsp3) is 0.206. The molecule has 0 bridgehead atoms. The van der Waals surface area contributed by atoms with Gasteiger partial charge in [-0.1, -0.05) is 97.1 Å². The molecule has 0 spiro atoms. The van der Waals surface area contributed by atoms with Crippen molar-refractivity contribution in [2.75, 3.05) is 6.54 Å². The van der Waals surface area contributed by atoms with Crippen LogP contribution >= 0.6 is 0 Å². The smallest absolute Gasteiger partial charge is 0.247 e. The summed E-state index contributed by atoms with van der Waals surface area (Å²) in [6, 6.07) is 27.5. The predicted molar refractivity (Wildman–Crippen MR) is 176 cm³/mol. The molecule has 232 valence electrons. The minimum Gasteiger partial charge on any atom is -0.384 e. The number of fused-ring (bicyclic) bond motifs is 1. The van der Waals surface area contributed by atoms with E-state index in [-0.39, 0.29) is 30.7 Å². The molecule has 4 rings (SSSR count). The number of hydrogen-bond acceptors (Lipinski definition) is 5. The van der Waals surface area contributed by atoms with E-state index in [1.165, 1.54) is 0 Å². The monoisotopic (exact) mass is 606 g/mol. The molecule has 0 heterocycles. The van der Waals surface area contributed by atoms with E-state index in [0.717, 1.165) is 21.9 Å². The van der Waals surface area contributed by atoms with E-state index in [2.05, 4.69) is 15.6 Å². The first-order valence-electron chi connectivity index (χ1n) is 14.5. The standard InChI is InChI=1S/C34H38N8O3/c35-30(36)24-14-12-21(13-15-24)19-27(26-17-16-22-7-4-5-10-25(22)20-26)32(44)42-29(23-8-2-1-3-9-23)33(45)41-28(31(37)43)11-6-18-40-34(38)39/h1-5,7-10,12-17,20,27-29H,6,11,18-19H2,(H3,35,36)(H2,37,43)(H,41,45)(H,42,44)(H4,38,39,40)/t27?,28-,29-/m0/s1. The van der Waals surface area contributed by atoms with Crippen LogP contribution in [0.3, 0.4) is 0 Å². The van der Waals surface area contributed by atoms with Gasteiger partial charge in [-0.15, -0.1) is 0 Å². The first kappa shape index (κ1) is 32.2. The lowest BCUT2D eigenvalue weighted by molar-refractivity contribution is -0.132. The normalized spacial score (nSPS) is 12.8. The van der Waals surface area contributed by atoms with Gasteiger partial charge in [0.25, 0.3) is 0 Å². The van der Waals surface area contributed by atoms with E-state index in [1.807, 2.05) is 54.6 Å². The van der Waals surface area contributed by atoms with Crippen LogP contribution < -0.4 is 33.6 Å². The summed E-state index contributed by atoms with van der Waals surface area (Å²) in [6.07, 6.45) is 0.935. The largest absolute Gasteiger partial charge is 0.384 e. The van der Waals surface area contributed by atoms with E-state index in [1.54, 1.807) is 42.5 Å². The number of guanidine groups is 1. The second-order valence-electron chi connectivity index (χ2n) is 10.7. The van der Waals surface area contributed by atoms with Crippen molar-refractivity contribution in [1.82, 2.24) is 10.6 Å². The van der Waals surface area contributed by atoms with Crippen LogP contribution in [0.1, 0.15) is 47.1 Å². The fourth-order valence-corrected chi connectivity index (χ4v) is 5.08. The number of nitrogen functional groups attached to an aromatic ring is 1. The first-order chi connectivity index (χ1) is 21.6. The highest BCUT2D eigenvalue weighted by Crippen LogP contribution is 2.27. The number of amides is 3. The zero-order chi connectivity index (χ0) is 32.3. The molecule has 11 nitrogen and oxygen atoms in total. The van der Waals surface area contributed by atoms with Gasteiger partial charge >= 0.3 is 0 Å². The van der Waals surface area contributed by atoms with E-state index in [4.69, 9.17) is 28.3 Å². The molecule has 0 aliphatic heterocycles. The molecule has 4 aromatic carbocycles. The lowest BCUT2D eigenvalue weighted by Crippen LogP contribution is -2.50. The Hall–Kier alpha value is -5.71. The molecular formula is C34H38N8O3. The van der Waals surface area contributed by atoms with Crippen molar-refractivity contribution >= 4 is 40.3 Å². The number of benzene rings is 4. The molecule has 11 N–H and O–H groups in total. The van der Waals surface area contributed by atoms with Gasteiger partial charge in [0.1, 0.15) is 17.9 Å². The average molecular weight is 607 g/mol. The van der Waals surface area contributed by atoms with Crippen molar-refractivity contribution in [1.29, 1.82) is 5.41 Å². The SMILES string of the molecule is N=C(N)c1ccc(CC(C(=O)N[C@H](C(=O)N[C@@H](CCCN=C(N)N)C(N)=O)c2ccccc2)c2ccc3ccccc3c2)cc1. The third kappa shape index (κ3) is 8.90. The molecular weight excluding hydrogens is 568 g/mol. The number of carbonyl (C=O) groups excluding carboxylic acids is 3. The number of nitrogens with one attached hydrogen (secondary N) is 3. The van der Waals surface area contributed by atoms with Crippen LogP contribution in [-0.4, -0.2) is 42.1 Å². The average Bonchev–Trinajstić information content (AvgIpc) is 3.03. The Morgan fingerprint density at radius 3 is 2.04 bits per heavy atom. The summed E-state index contributed by atoms with van der Waals surface area (Å²) in [7, 11) is 0. The molecule has 3 amide bonds. The van der Waals surface area contributed by atoms with Gasteiger partial charge in [0.15, 0.2) is 5.96 Å². The maximum absolute atomic E-state index is 14.2. The van der Waals surface area contributed by atoms with Gasteiger partial charge in [-0.2, -0.15) is 0 Å². The van der Waals surface area contributed by atoms with Gasteiger partial charge in [0, 0.05) is 12.1 Å². The Balaban J connectivity index is 1.64. The Morgan fingerprint density at radius 1 is 0.733 bits per heavy atom. The van der Waals surface area contributed by atoms with Gasteiger partial charge in [-0.25, -0.2) is 0 Å². The minimum absolute atomic E-state index is 0.0485. The van der Waals surface area contributed by atoms with Crippen molar-refractivity contribution in [3.63, 3.8) is 0 Å². The van der Waals surface area contributed by atoms with Gasteiger partial charge in [-0.3, -0.25) is 24.8 Å². The highest BCUT2D eigenvalue weighted by Gasteiger charge is 2.30. The summed E-state index contributed by atoms with van der Waals surface area (Å²) in [5.41, 5.74) is 24.7. The van der Waals surface area contributed by atoms with Crippen LogP contribution in [0.25, 0.3) is 10.8 Å². The number of nitrogens with two attached hydrogens (primary N) is 4. The quantitative estimate of drug-likeness (QED) is 0.0649. The number of primary amides is 1. The molecule has 11 heteroatoms. The van der Waals surface area contributed by atoms with Crippen LogP contribution in [0.4, 0.5) is 0 Å². The fourth-order valence-electron chi connectivity index (χ4n) is 5.08. The minimum atomic E-state index is -1.11. The molecule has 0 fully saturated rings. The highest BCUT2D eigenvalue weighted by molar-refractivity contribution is 5.96. The van der Waals surface area contributed by atoms with Crippen LogP contribution in [0.2, 0.25) is 0 Å². The molecule has 4 aromatic rings. The Bertz CT molecular complexity index is 1690. The van der Waals surface area contributed by atoms with E-state index in [9.17, 15) is 14.4 Å². The van der Waals surface area contributed by atoms with Crippen molar-refractivity contribution in [2.45, 2.75) is 37.3 Å². The zero-order valence-corrected chi connectivity index (χ0v) is 24.8. The van der Waals surface area contributed by atoms with Crippen LogP contribution in [0.5, 0.6) is 0 Å². The van der Waals surface area contributed by atoms with E-state index in [0.29, 0.717) is 24.0 Å². The maximum atomic E-state index is 14.2. The van der Waals surface area contributed by atoms with Gasteiger partial charge < -0.3 is 33.6 Å². The van der Waals surface area contributed by atoms with E-state index >= 15 is 0 Å². The number of aliphatic imine (C=N–C) groups is 1. The summed E-state index contributed by atoms with van der Waals surface area (Å²) in [5.74, 6) is -2.47. The second kappa shape index (κ2) is 15.1. The maximum Gasteiger partial charge on any atom is 0.247 e. The Labute approximate surface area is 261 Å². The van der Waals surface area contributed by atoms with Gasteiger partial charge in [0.05, 0.1) is 5.92 Å². The number of amidine groups is 1. The van der Waals surface area contributed by atoms with Crippen molar-refractivity contribution in [2.24, 2.45) is 27.9 Å². The second-order valence-corrected chi connectivity index (χ2v) is 10.7. The molecule has 45 heavy (non-hydrogen) atoms. The van der Waals surface area contributed by atoms with Crippen LogP contribution in [0.15, 0.2) is 102 Å². The predicted octanol–water partition coefficient (Wildman–Crippen LogP) is 2.33. The topological polar surface area (TPSA) is 216 Å². The molecule has 0 saturated heterocycles. The summed E-state index contributed by atoms with van der Waals surface area (Å²) in [5, 5.41) is 15.4. The molecule has 1 unspecified atom stereocenters. The lowest BCUT2D eigenvalue weighted by atomic mass is 9.89. The van der Waals surface area contributed by atoms with Crippen LogP contribution in [-0.2, 0) is 20.8 Å². The molecule has 0 aliphatic carbocycles. The number of carbonyl (C=O) groups is 3. The number of nitrogens with zero attached hydrogens (tertiary/aromatic N) is 1. The molecule has 0 radical (unpaired) electrons. The first-order valence-corrected chi connectivity index (χ1v) is 14.5. The summed E-state index contributed by atoms with van der Waals surface area (Å²) in [4.78, 5) is 44.0. The zero-order valence-electron chi connectivity index (χ0n) is 24.8. The molecule has 0 aromatic heterocycles. The number of hydrogen-bond donors (Lipinski definition) is 7.